The molecule has 2 heterocycles. The van der Waals surface area contributed by atoms with E-state index in [1.807, 2.05) is 0 Å². The second kappa shape index (κ2) is 21.8. The zero-order valence-corrected chi connectivity index (χ0v) is 35.3. The van der Waals surface area contributed by atoms with E-state index in [1.54, 1.807) is 0 Å². The van der Waals surface area contributed by atoms with Crippen molar-refractivity contribution in [1.29, 1.82) is 0 Å². The summed E-state index contributed by atoms with van der Waals surface area (Å²) in [6, 6.07) is 0. The molecule has 3 radical (unpaired) electrons. The predicted octanol–water partition coefficient (Wildman–Crippen LogP) is 4.08. The molecule has 1 amide bonds. The second-order valence-electron chi connectivity index (χ2n) is 10.0. The molecule has 0 aromatic carbocycles. The van der Waals surface area contributed by atoms with Crippen LogP contribution in [0.2, 0.25) is 0 Å². The number of rotatable bonds is 8. The third kappa shape index (κ3) is 15.8. The molecule has 1 aromatic rings. The number of esters is 1. The van der Waals surface area contributed by atoms with Crippen LogP contribution in [0, 0.1) is 26.7 Å². The van der Waals surface area contributed by atoms with Gasteiger partial charge in [0.15, 0.2) is 0 Å². The molecule has 1 aromatic heterocycles. The van der Waals surface area contributed by atoms with Crippen molar-refractivity contribution in [3.05, 3.63) is 47.5 Å². The number of hydrogen-bond acceptors (Lipinski definition) is 6. The number of carbonyl (C=O) groups is 2. The van der Waals surface area contributed by atoms with Crippen molar-refractivity contribution in [3.63, 3.8) is 0 Å². The van der Waals surface area contributed by atoms with Gasteiger partial charge in [0.05, 0.1) is 18.2 Å². The molecule has 1 aliphatic rings. The second-order valence-corrected chi connectivity index (χ2v) is 10.0. The van der Waals surface area contributed by atoms with Crippen LogP contribution >= 0.6 is 9.90 Å². The van der Waals surface area contributed by atoms with E-state index in [-0.39, 0.29) is 145 Å². The number of amides is 1. The van der Waals surface area contributed by atoms with Crippen molar-refractivity contribution < 1.29 is 130 Å². The first-order valence-corrected chi connectivity index (χ1v) is 11.6. The van der Waals surface area contributed by atoms with Gasteiger partial charge in [0.1, 0.15) is 18.4 Å². The summed E-state index contributed by atoms with van der Waals surface area (Å²) < 4.78 is 51.7. The standard InChI is InChI=1S/C23H34F3N3O6.2CH3.H3P.3Y/c1-7-13(2)14(3)16-8-9-17(34-16)29-11-15(19(31)27-21(29)33)10-28(20(32)23(24,25)26)12-18(30)35-22(4,5)6;;;;;;/h11,13-14,16-17H,7-10,12H2,1-6H3,(H,27,31,33);3*1H3;;;/q;2*-1;;;;/t13?,14?,16?,17-;;;;;;/m1....../s1. The molecule has 0 aliphatic carbocycles. The maximum atomic E-state index is 13.2. The van der Waals surface area contributed by atoms with E-state index < -0.39 is 54.2 Å². The molecule has 16 heteroatoms. The summed E-state index contributed by atoms with van der Waals surface area (Å²) in [5.74, 6) is -2.77. The molecule has 4 unspecified atom stereocenters. The minimum atomic E-state index is -5.28. The van der Waals surface area contributed by atoms with Gasteiger partial charge in [0.2, 0.25) is 0 Å². The zero-order valence-electron chi connectivity index (χ0n) is 25.3. The minimum Gasteiger partial charge on any atom is -0.459 e. The number of alkyl halides is 3. The van der Waals surface area contributed by atoms with E-state index in [2.05, 4.69) is 25.8 Å². The van der Waals surface area contributed by atoms with Crippen LogP contribution in [0.4, 0.5) is 13.2 Å². The average Bonchev–Trinajstić information content (AvgIpc) is 3.21. The fraction of sp³-hybridized carbons (Fsp3) is 0.680. The Kier molecular flexibility index (Phi) is 27.5. The maximum Gasteiger partial charge on any atom is 0.471 e. The molecule has 1 N–H and O–H groups in total. The Labute approximate surface area is 320 Å². The third-order valence-electron chi connectivity index (χ3n) is 6.14. The van der Waals surface area contributed by atoms with Crippen molar-refractivity contribution in [2.45, 2.75) is 91.5 Å². The van der Waals surface area contributed by atoms with Crippen LogP contribution in [0.25, 0.3) is 0 Å². The van der Waals surface area contributed by atoms with Crippen LogP contribution in [0.15, 0.2) is 15.8 Å². The van der Waals surface area contributed by atoms with Gasteiger partial charge in [-0.25, -0.2) is 4.79 Å². The Hall–Kier alpha value is 1.11. The summed E-state index contributed by atoms with van der Waals surface area (Å²) in [5.41, 5.74) is -3.02. The fourth-order valence-corrected chi connectivity index (χ4v) is 3.94. The number of H-pyrrole nitrogens is 1. The summed E-state index contributed by atoms with van der Waals surface area (Å²) in [7, 11) is 0. The van der Waals surface area contributed by atoms with E-state index in [4.69, 9.17) is 9.47 Å². The van der Waals surface area contributed by atoms with Gasteiger partial charge >= 0.3 is 23.7 Å². The quantitative estimate of drug-likeness (QED) is 0.241. The van der Waals surface area contributed by atoms with Crippen LogP contribution in [0.3, 0.4) is 0 Å². The van der Waals surface area contributed by atoms with Crippen LogP contribution in [0.5, 0.6) is 0 Å². The van der Waals surface area contributed by atoms with Crippen LogP contribution in [-0.2, 0) is 124 Å². The molecule has 2 rings (SSSR count). The third-order valence-corrected chi connectivity index (χ3v) is 6.14. The van der Waals surface area contributed by atoms with Crippen molar-refractivity contribution in [1.82, 2.24) is 14.5 Å². The zero-order chi connectivity index (χ0) is 26.7. The topological polar surface area (TPSA) is 111 Å². The number of hydrogen-bond donors (Lipinski definition) is 1. The van der Waals surface area contributed by atoms with E-state index >= 15 is 0 Å². The molecule has 0 bridgehead atoms. The van der Waals surface area contributed by atoms with E-state index in [1.165, 1.54) is 20.8 Å². The van der Waals surface area contributed by atoms with Crippen LogP contribution in [-0.4, -0.2) is 50.8 Å². The SMILES string of the molecule is CCC(C)C(C)C1CC[C@H](n2cc(CN(CC(=O)OC(C)(C)C)C(=O)C(F)(F)F)c(=O)[nH]c2=O)O1.P.[CH3-].[CH3-].[Y].[Y].[Y]. The normalized spacial score (nSPS) is 17.4. The first-order chi connectivity index (χ1) is 16.0. The first kappa shape index (κ1) is 51.7. The Morgan fingerprint density at radius 2 is 1.66 bits per heavy atom. The molecule has 41 heavy (non-hydrogen) atoms. The van der Waals surface area contributed by atoms with Gasteiger partial charge in [-0.05, 0) is 45.4 Å². The Morgan fingerprint density at radius 1 is 1.12 bits per heavy atom. The molecule has 9 nitrogen and oxygen atoms in total. The van der Waals surface area contributed by atoms with E-state index in [0.29, 0.717) is 18.8 Å². The number of halogens is 3. The number of nitrogens with zero attached hydrogens (tertiary/aromatic N) is 2. The molecule has 0 saturated carbocycles. The van der Waals surface area contributed by atoms with E-state index in [9.17, 15) is 32.3 Å². The summed E-state index contributed by atoms with van der Waals surface area (Å²) in [6.07, 6.45) is -2.92. The largest absolute Gasteiger partial charge is 0.471 e. The van der Waals surface area contributed by atoms with Gasteiger partial charge < -0.3 is 29.2 Å². The Bertz CT molecular complexity index is 1050. The number of aromatic amines is 1. The molecule has 1 saturated heterocycles. The van der Waals surface area contributed by atoms with Gasteiger partial charge in [-0.15, -0.1) is 0 Å². The van der Waals surface area contributed by atoms with Gasteiger partial charge in [0, 0.05) is 104 Å². The van der Waals surface area contributed by atoms with Gasteiger partial charge in [-0.2, -0.15) is 23.1 Å². The number of ether oxygens (including phenoxy) is 2. The summed E-state index contributed by atoms with van der Waals surface area (Å²) in [5, 5.41) is 0. The van der Waals surface area contributed by atoms with Crippen LogP contribution in [0.1, 0.15) is 72.6 Å². The van der Waals surface area contributed by atoms with Crippen LogP contribution < -0.4 is 11.2 Å². The summed E-state index contributed by atoms with van der Waals surface area (Å²) in [4.78, 5) is 51.2. The van der Waals surface area contributed by atoms with Crippen molar-refractivity contribution in [3.8, 4) is 0 Å². The smallest absolute Gasteiger partial charge is 0.459 e. The van der Waals surface area contributed by atoms with Gasteiger partial charge in [-0.3, -0.25) is 23.9 Å². The minimum absolute atomic E-state index is 0. The first-order valence-electron chi connectivity index (χ1n) is 11.6. The predicted molar refractivity (Wildman–Crippen MR) is 144 cm³/mol. The van der Waals surface area contributed by atoms with E-state index in [0.717, 1.165) is 17.2 Å². The number of aromatic nitrogens is 2. The monoisotopic (exact) mass is 836 g/mol. The van der Waals surface area contributed by atoms with Crippen molar-refractivity contribution in [2.24, 2.45) is 11.8 Å². The maximum absolute atomic E-state index is 13.2. The summed E-state index contributed by atoms with van der Waals surface area (Å²) in [6.45, 7) is 8.92. The van der Waals surface area contributed by atoms with Crippen molar-refractivity contribution in [2.75, 3.05) is 6.54 Å². The molecule has 231 valence electrons. The molecular weight excluding hydrogens is 793 g/mol. The van der Waals surface area contributed by atoms with Crippen molar-refractivity contribution >= 4 is 21.8 Å². The fourth-order valence-electron chi connectivity index (χ4n) is 3.94. The number of carbonyl (C=O) groups excluding carboxylic acids is 2. The Balaban J connectivity index is -0.000000720. The molecular formula is C25H43F3N3O6PY3-2. The van der Waals surface area contributed by atoms with Gasteiger partial charge in [-0.1, -0.05) is 27.2 Å². The summed E-state index contributed by atoms with van der Waals surface area (Å²) >= 11 is 0. The Morgan fingerprint density at radius 3 is 2.12 bits per heavy atom. The molecule has 0 spiro atoms. The molecule has 1 aliphatic heterocycles. The molecule has 5 atom stereocenters. The molecule has 1 fully saturated rings. The average molecular weight is 836 g/mol. The van der Waals surface area contributed by atoms with Gasteiger partial charge in [0.25, 0.3) is 5.56 Å². The number of nitrogens with one attached hydrogen (secondary N) is 1.